The maximum absolute atomic E-state index is 9.33. The van der Waals surface area contributed by atoms with Gasteiger partial charge < -0.3 is 26.2 Å². The number of nitrogens with two attached hydrogens (primary N) is 1. The summed E-state index contributed by atoms with van der Waals surface area (Å²) in [6, 6.07) is -0.455. The van der Waals surface area contributed by atoms with Crippen molar-refractivity contribution >= 4 is 0 Å². The summed E-state index contributed by atoms with van der Waals surface area (Å²) in [4.78, 5) is 0. The highest BCUT2D eigenvalue weighted by Gasteiger charge is 2.40. The topological polar surface area (TPSA) is 107 Å². The summed E-state index contributed by atoms with van der Waals surface area (Å²) in [6.45, 7) is -0.272. The van der Waals surface area contributed by atoms with E-state index in [1.807, 2.05) is 0 Å². The number of aliphatic hydroxyl groups excluding tert-OH is 4. The van der Waals surface area contributed by atoms with Crippen LogP contribution >= 0.6 is 0 Å². The summed E-state index contributed by atoms with van der Waals surface area (Å²) < 4.78 is 0. The molecular weight excluding hydrogens is 162 g/mol. The highest BCUT2D eigenvalue weighted by molar-refractivity contribution is 4.93. The monoisotopic (exact) mass is 177 g/mol. The fourth-order valence-electron chi connectivity index (χ4n) is 1.57. The fourth-order valence-corrected chi connectivity index (χ4v) is 1.57. The maximum Gasteiger partial charge on any atom is 0.106 e. The van der Waals surface area contributed by atoms with Crippen molar-refractivity contribution in [3.8, 4) is 0 Å². The molecule has 1 aliphatic rings. The largest absolute Gasteiger partial charge is 0.396 e. The van der Waals surface area contributed by atoms with Crippen LogP contribution in [0, 0.1) is 5.92 Å². The van der Waals surface area contributed by atoms with Gasteiger partial charge in [-0.2, -0.15) is 0 Å². The van der Waals surface area contributed by atoms with Gasteiger partial charge in [0.1, 0.15) is 6.10 Å². The molecule has 0 spiro atoms. The molecule has 5 atom stereocenters. The Morgan fingerprint density at radius 3 is 2.25 bits per heavy atom. The van der Waals surface area contributed by atoms with Gasteiger partial charge in [-0.1, -0.05) is 0 Å². The van der Waals surface area contributed by atoms with Crippen molar-refractivity contribution in [3.63, 3.8) is 0 Å². The molecule has 0 aromatic rings. The maximum atomic E-state index is 9.33. The molecule has 12 heavy (non-hydrogen) atoms. The van der Waals surface area contributed by atoms with E-state index in [1.165, 1.54) is 0 Å². The second kappa shape index (κ2) is 3.68. The molecule has 0 heterocycles. The number of hydrogen-bond acceptors (Lipinski definition) is 5. The standard InChI is InChI=1S/C7H15NO4/c8-4-1-5(10)7(12)6(11)3(4)2-9/h3-7,9-12H,1-2,8H2/t3-,4+,5-,6+,7+/m0/s1. The Morgan fingerprint density at radius 1 is 1.17 bits per heavy atom. The molecule has 0 unspecified atom stereocenters. The van der Waals surface area contributed by atoms with Crippen LogP contribution in [0.25, 0.3) is 0 Å². The van der Waals surface area contributed by atoms with Crippen molar-refractivity contribution < 1.29 is 20.4 Å². The molecular formula is C7H15NO4. The van der Waals surface area contributed by atoms with Gasteiger partial charge in [-0.3, -0.25) is 0 Å². The first kappa shape index (κ1) is 9.88. The molecule has 6 N–H and O–H groups in total. The highest BCUT2D eigenvalue weighted by Crippen LogP contribution is 2.23. The van der Waals surface area contributed by atoms with Gasteiger partial charge in [0, 0.05) is 18.6 Å². The molecule has 0 bridgehead atoms. The Balaban J connectivity index is 2.65. The summed E-state index contributed by atoms with van der Waals surface area (Å²) in [6.07, 6.45) is -3.10. The van der Waals surface area contributed by atoms with Crippen LogP contribution in [0.4, 0.5) is 0 Å². The third-order valence-corrected chi connectivity index (χ3v) is 2.46. The molecule has 0 aliphatic heterocycles. The minimum absolute atomic E-state index is 0.212. The highest BCUT2D eigenvalue weighted by atomic mass is 16.4. The van der Waals surface area contributed by atoms with E-state index in [0.717, 1.165) is 0 Å². The van der Waals surface area contributed by atoms with Gasteiger partial charge in [0.25, 0.3) is 0 Å². The lowest BCUT2D eigenvalue weighted by Gasteiger charge is -2.38. The molecule has 1 rings (SSSR count). The lowest BCUT2D eigenvalue weighted by Crippen LogP contribution is -2.56. The van der Waals surface area contributed by atoms with Crippen molar-refractivity contribution in [2.75, 3.05) is 6.61 Å². The Kier molecular flexibility index (Phi) is 3.03. The fraction of sp³-hybridized carbons (Fsp3) is 1.00. The van der Waals surface area contributed by atoms with Crippen LogP contribution in [-0.4, -0.2) is 51.4 Å². The molecule has 0 amide bonds. The van der Waals surface area contributed by atoms with Crippen molar-refractivity contribution in [3.05, 3.63) is 0 Å². The third kappa shape index (κ3) is 1.60. The van der Waals surface area contributed by atoms with Gasteiger partial charge in [0.2, 0.25) is 0 Å². The van der Waals surface area contributed by atoms with E-state index in [9.17, 15) is 10.2 Å². The first-order valence-electron chi connectivity index (χ1n) is 3.98. The van der Waals surface area contributed by atoms with Crippen LogP contribution in [0.5, 0.6) is 0 Å². The Hall–Kier alpha value is -0.200. The van der Waals surface area contributed by atoms with E-state index in [-0.39, 0.29) is 13.0 Å². The van der Waals surface area contributed by atoms with E-state index < -0.39 is 30.3 Å². The van der Waals surface area contributed by atoms with Gasteiger partial charge in [0.05, 0.1) is 12.2 Å². The predicted molar refractivity (Wildman–Crippen MR) is 41.2 cm³/mol. The number of aliphatic hydroxyl groups is 4. The lowest BCUT2D eigenvalue weighted by molar-refractivity contribution is -0.124. The summed E-state index contributed by atoms with van der Waals surface area (Å²) in [5.41, 5.74) is 5.54. The first-order chi connectivity index (χ1) is 5.57. The SMILES string of the molecule is N[C@@H]1C[C@H](O)[C@@H](O)[C@H](O)[C@H]1CO. The molecule has 0 aromatic heterocycles. The molecule has 0 saturated heterocycles. The van der Waals surface area contributed by atoms with Crippen LogP contribution in [0.3, 0.4) is 0 Å². The second-order valence-electron chi connectivity index (χ2n) is 3.29. The third-order valence-electron chi connectivity index (χ3n) is 2.46. The first-order valence-corrected chi connectivity index (χ1v) is 3.98. The average molecular weight is 177 g/mol. The molecule has 1 saturated carbocycles. The molecule has 1 aliphatic carbocycles. The molecule has 72 valence electrons. The van der Waals surface area contributed by atoms with Gasteiger partial charge >= 0.3 is 0 Å². The van der Waals surface area contributed by atoms with Gasteiger partial charge in [-0.05, 0) is 6.42 Å². The number of hydrogen-bond donors (Lipinski definition) is 5. The molecule has 0 radical (unpaired) electrons. The van der Waals surface area contributed by atoms with Crippen molar-refractivity contribution in [1.29, 1.82) is 0 Å². The summed E-state index contributed by atoms with van der Waals surface area (Å²) >= 11 is 0. The van der Waals surface area contributed by atoms with E-state index >= 15 is 0 Å². The molecule has 1 fully saturated rings. The average Bonchev–Trinajstić information content (AvgIpc) is 2.01. The summed E-state index contributed by atoms with van der Waals surface area (Å²) in [5, 5.41) is 36.5. The normalized spacial score (nSPS) is 49.2. The van der Waals surface area contributed by atoms with Crippen LogP contribution in [0.1, 0.15) is 6.42 Å². The zero-order valence-corrected chi connectivity index (χ0v) is 6.67. The van der Waals surface area contributed by atoms with Gasteiger partial charge in [-0.25, -0.2) is 0 Å². The smallest absolute Gasteiger partial charge is 0.106 e. The Bertz CT molecular complexity index is 154. The van der Waals surface area contributed by atoms with Crippen molar-refractivity contribution in [1.82, 2.24) is 0 Å². The molecule has 0 aromatic carbocycles. The Morgan fingerprint density at radius 2 is 1.75 bits per heavy atom. The Labute approximate surface area is 70.4 Å². The van der Waals surface area contributed by atoms with Crippen LogP contribution < -0.4 is 5.73 Å². The van der Waals surface area contributed by atoms with E-state index in [1.54, 1.807) is 0 Å². The minimum atomic E-state index is -1.19. The van der Waals surface area contributed by atoms with E-state index in [0.29, 0.717) is 0 Å². The second-order valence-corrected chi connectivity index (χ2v) is 3.29. The van der Waals surface area contributed by atoms with Crippen LogP contribution in [0.2, 0.25) is 0 Å². The van der Waals surface area contributed by atoms with Gasteiger partial charge in [-0.15, -0.1) is 0 Å². The minimum Gasteiger partial charge on any atom is -0.396 e. The van der Waals surface area contributed by atoms with Crippen molar-refractivity contribution in [2.45, 2.75) is 30.8 Å². The summed E-state index contributed by atoms with van der Waals surface area (Å²) in [7, 11) is 0. The number of rotatable bonds is 1. The zero-order chi connectivity index (χ0) is 9.30. The molecule has 5 nitrogen and oxygen atoms in total. The van der Waals surface area contributed by atoms with Crippen LogP contribution in [-0.2, 0) is 0 Å². The van der Waals surface area contributed by atoms with Crippen LogP contribution in [0.15, 0.2) is 0 Å². The van der Waals surface area contributed by atoms with E-state index in [4.69, 9.17) is 15.9 Å². The van der Waals surface area contributed by atoms with E-state index in [2.05, 4.69) is 0 Å². The van der Waals surface area contributed by atoms with Crippen molar-refractivity contribution in [2.24, 2.45) is 11.7 Å². The predicted octanol–water partition coefficient (Wildman–Crippen LogP) is -2.59. The summed E-state index contributed by atoms with van der Waals surface area (Å²) in [5.74, 6) is -0.539. The molecule has 5 heteroatoms. The zero-order valence-electron chi connectivity index (χ0n) is 6.67. The van der Waals surface area contributed by atoms with Gasteiger partial charge in [0.15, 0.2) is 0 Å². The lowest BCUT2D eigenvalue weighted by atomic mass is 9.80. The quantitative estimate of drug-likeness (QED) is 0.302.